The predicted molar refractivity (Wildman–Crippen MR) is 96.7 cm³/mol. The summed E-state index contributed by atoms with van der Waals surface area (Å²) in [5.41, 5.74) is 7.45. The molecule has 3 nitrogen and oxygen atoms in total. The van der Waals surface area contributed by atoms with Crippen molar-refractivity contribution in [2.24, 2.45) is 11.7 Å². The molecule has 1 aliphatic heterocycles. The molecule has 1 aromatic rings. The average Bonchev–Trinajstić information content (AvgIpc) is 2.55. The van der Waals surface area contributed by atoms with E-state index in [4.69, 9.17) is 5.73 Å². The Morgan fingerprint density at radius 2 is 2.13 bits per heavy atom. The Labute approximate surface area is 141 Å². The molecule has 1 aliphatic rings. The minimum Gasteiger partial charge on any atom is -0.366 e. The van der Waals surface area contributed by atoms with Crippen LogP contribution in [-0.2, 0) is 5.41 Å². The second kappa shape index (κ2) is 7.96. The highest BCUT2D eigenvalue weighted by Crippen LogP contribution is 2.39. The van der Waals surface area contributed by atoms with Crippen LogP contribution in [0.5, 0.6) is 0 Å². The number of hydrogen-bond donors (Lipinski definition) is 1. The summed E-state index contributed by atoms with van der Waals surface area (Å²) in [5, 5.41) is 0. The molecule has 3 heteroatoms. The number of nitrogens with two attached hydrogens (primary N) is 1. The number of carbonyl (C=O) groups excluding carboxylic acids is 1. The molecule has 0 aliphatic carbocycles. The molecule has 1 saturated heterocycles. The molecule has 23 heavy (non-hydrogen) atoms. The van der Waals surface area contributed by atoms with Crippen LogP contribution in [-0.4, -0.2) is 30.4 Å². The van der Waals surface area contributed by atoms with Crippen molar-refractivity contribution < 1.29 is 4.79 Å². The summed E-state index contributed by atoms with van der Waals surface area (Å²) in [5.74, 6) is 0.238. The lowest BCUT2D eigenvalue weighted by Gasteiger charge is -2.45. The van der Waals surface area contributed by atoms with Crippen LogP contribution in [0.15, 0.2) is 24.3 Å². The minimum absolute atomic E-state index is 0.130. The Balaban J connectivity index is 2.01. The van der Waals surface area contributed by atoms with Crippen LogP contribution < -0.4 is 5.73 Å². The molecular weight excluding hydrogens is 284 g/mol. The molecule has 1 fully saturated rings. The number of carbonyl (C=O) groups is 1. The van der Waals surface area contributed by atoms with Gasteiger partial charge in [0.1, 0.15) is 0 Å². The molecule has 2 N–H and O–H groups in total. The Bertz CT molecular complexity index is 528. The van der Waals surface area contributed by atoms with E-state index in [1.54, 1.807) is 0 Å². The molecule has 0 bridgehead atoms. The van der Waals surface area contributed by atoms with Crippen LogP contribution in [0.4, 0.5) is 0 Å². The lowest BCUT2D eigenvalue weighted by atomic mass is 9.68. The highest BCUT2D eigenvalue weighted by Gasteiger charge is 2.37. The molecule has 1 aromatic carbocycles. The first-order valence-electron chi connectivity index (χ1n) is 9.10. The fourth-order valence-corrected chi connectivity index (χ4v) is 3.74. The van der Waals surface area contributed by atoms with Crippen molar-refractivity contribution in [1.82, 2.24) is 4.90 Å². The lowest BCUT2D eigenvalue weighted by molar-refractivity contribution is 0.0997. The number of primary amides is 1. The number of piperidine rings is 1. The third kappa shape index (κ3) is 4.35. The van der Waals surface area contributed by atoms with E-state index in [1.807, 2.05) is 18.2 Å². The number of unbranched alkanes of at least 4 members (excludes halogenated alkanes) is 3. The van der Waals surface area contributed by atoms with Crippen LogP contribution in [0.25, 0.3) is 0 Å². The van der Waals surface area contributed by atoms with Gasteiger partial charge in [0.15, 0.2) is 0 Å². The number of amides is 1. The highest BCUT2D eigenvalue weighted by molar-refractivity contribution is 5.92. The van der Waals surface area contributed by atoms with Gasteiger partial charge in [0.25, 0.3) is 0 Å². The molecule has 0 aromatic heterocycles. The zero-order valence-corrected chi connectivity index (χ0v) is 15.0. The van der Waals surface area contributed by atoms with Crippen molar-refractivity contribution >= 4 is 5.91 Å². The summed E-state index contributed by atoms with van der Waals surface area (Å²) in [6.07, 6.45) is 6.45. The van der Waals surface area contributed by atoms with Crippen molar-refractivity contribution in [1.29, 1.82) is 0 Å². The fraction of sp³-hybridized carbons (Fsp3) is 0.650. The van der Waals surface area contributed by atoms with Gasteiger partial charge in [-0.3, -0.25) is 4.79 Å². The van der Waals surface area contributed by atoms with E-state index in [-0.39, 0.29) is 11.3 Å². The van der Waals surface area contributed by atoms with Crippen LogP contribution in [0.2, 0.25) is 0 Å². The third-order valence-electron chi connectivity index (χ3n) is 5.70. The molecule has 0 spiro atoms. The molecular formula is C20H32N2O. The van der Waals surface area contributed by atoms with E-state index < -0.39 is 0 Å². The number of nitrogens with zero attached hydrogens (tertiary/aromatic N) is 1. The number of hydrogen-bond acceptors (Lipinski definition) is 2. The zero-order chi connectivity index (χ0) is 16.9. The summed E-state index contributed by atoms with van der Waals surface area (Å²) in [4.78, 5) is 14.1. The summed E-state index contributed by atoms with van der Waals surface area (Å²) >= 11 is 0. The van der Waals surface area contributed by atoms with Crippen molar-refractivity contribution in [3.63, 3.8) is 0 Å². The topological polar surface area (TPSA) is 46.3 Å². The minimum atomic E-state index is -0.337. The molecule has 0 radical (unpaired) electrons. The van der Waals surface area contributed by atoms with Gasteiger partial charge in [-0.15, -0.1) is 0 Å². The normalized spacial score (nSPS) is 25.4. The summed E-state index contributed by atoms with van der Waals surface area (Å²) in [6, 6.07) is 7.92. The Morgan fingerprint density at radius 3 is 2.78 bits per heavy atom. The third-order valence-corrected chi connectivity index (χ3v) is 5.70. The van der Waals surface area contributed by atoms with Crippen LogP contribution in [0.3, 0.4) is 0 Å². The SMILES string of the molecule is CCCCCCN1CC[C@@](C)(c2cccc(C(N)=O)c2)[C@@H](C)C1. The van der Waals surface area contributed by atoms with E-state index >= 15 is 0 Å². The monoisotopic (exact) mass is 316 g/mol. The number of likely N-dealkylation sites (tertiary alicyclic amines) is 1. The first-order valence-corrected chi connectivity index (χ1v) is 9.10. The van der Waals surface area contributed by atoms with Crippen molar-refractivity contribution in [3.05, 3.63) is 35.4 Å². The number of rotatable bonds is 7. The van der Waals surface area contributed by atoms with Crippen molar-refractivity contribution in [2.75, 3.05) is 19.6 Å². The van der Waals surface area contributed by atoms with E-state index in [0.29, 0.717) is 11.5 Å². The van der Waals surface area contributed by atoms with E-state index in [9.17, 15) is 4.79 Å². The Kier molecular flexibility index (Phi) is 6.23. The largest absolute Gasteiger partial charge is 0.366 e. The van der Waals surface area contributed by atoms with Crippen LogP contribution in [0.1, 0.15) is 68.8 Å². The van der Waals surface area contributed by atoms with E-state index in [0.717, 1.165) is 19.5 Å². The standard InChI is InChI=1S/C20H32N2O/c1-4-5-6-7-12-22-13-11-20(3,16(2)15-22)18-10-8-9-17(14-18)19(21)23/h8-10,14,16H,4-7,11-13,15H2,1-3H3,(H2,21,23)/t16-,20+/m0/s1. The summed E-state index contributed by atoms with van der Waals surface area (Å²) in [7, 11) is 0. The average molecular weight is 316 g/mol. The van der Waals surface area contributed by atoms with E-state index in [2.05, 4.69) is 31.7 Å². The first kappa shape index (κ1) is 18.0. The number of benzene rings is 1. The van der Waals surface area contributed by atoms with Gasteiger partial charge < -0.3 is 10.6 Å². The fourth-order valence-electron chi connectivity index (χ4n) is 3.74. The lowest BCUT2D eigenvalue weighted by Crippen LogP contribution is -2.47. The maximum atomic E-state index is 11.5. The predicted octanol–water partition coefficient (Wildman–Crippen LogP) is 3.97. The summed E-state index contributed by atoms with van der Waals surface area (Å²) in [6.45, 7) is 10.5. The molecule has 0 saturated carbocycles. The highest BCUT2D eigenvalue weighted by atomic mass is 16.1. The zero-order valence-electron chi connectivity index (χ0n) is 15.0. The summed E-state index contributed by atoms with van der Waals surface area (Å²) < 4.78 is 0. The first-order chi connectivity index (χ1) is 11.0. The Morgan fingerprint density at radius 1 is 1.35 bits per heavy atom. The van der Waals surface area contributed by atoms with Gasteiger partial charge in [-0.2, -0.15) is 0 Å². The second-order valence-electron chi connectivity index (χ2n) is 7.37. The maximum absolute atomic E-state index is 11.5. The second-order valence-corrected chi connectivity index (χ2v) is 7.37. The molecule has 0 unspecified atom stereocenters. The smallest absolute Gasteiger partial charge is 0.248 e. The van der Waals surface area contributed by atoms with Gasteiger partial charge in [-0.25, -0.2) is 0 Å². The van der Waals surface area contributed by atoms with Gasteiger partial charge in [-0.1, -0.05) is 52.2 Å². The molecule has 2 rings (SSSR count). The van der Waals surface area contributed by atoms with Gasteiger partial charge in [0, 0.05) is 12.1 Å². The van der Waals surface area contributed by atoms with Crippen molar-refractivity contribution in [3.8, 4) is 0 Å². The van der Waals surface area contributed by atoms with Gasteiger partial charge in [-0.05, 0) is 55.0 Å². The quantitative estimate of drug-likeness (QED) is 0.774. The Hall–Kier alpha value is -1.35. The molecule has 1 amide bonds. The maximum Gasteiger partial charge on any atom is 0.248 e. The molecule has 128 valence electrons. The van der Waals surface area contributed by atoms with E-state index in [1.165, 1.54) is 37.8 Å². The van der Waals surface area contributed by atoms with Gasteiger partial charge >= 0.3 is 0 Å². The molecule has 1 heterocycles. The van der Waals surface area contributed by atoms with Crippen LogP contribution >= 0.6 is 0 Å². The van der Waals surface area contributed by atoms with Gasteiger partial charge in [0.05, 0.1) is 0 Å². The van der Waals surface area contributed by atoms with Crippen molar-refractivity contribution in [2.45, 2.75) is 58.3 Å². The van der Waals surface area contributed by atoms with Gasteiger partial charge in [0.2, 0.25) is 5.91 Å². The van der Waals surface area contributed by atoms with Crippen LogP contribution in [0, 0.1) is 5.92 Å². The molecule has 2 atom stereocenters.